The van der Waals surface area contributed by atoms with Crippen LogP contribution in [0.2, 0.25) is 0 Å². The van der Waals surface area contributed by atoms with Gasteiger partial charge in [0.25, 0.3) is 0 Å². The van der Waals surface area contributed by atoms with E-state index < -0.39 is 11.9 Å². The molecule has 0 aliphatic heterocycles. The summed E-state index contributed by atoms with van der Waals surface area (Å²) in [6.07, 6.45) is 2.41. The maximum absolute atomic E-state index is 11.5. The van der Waals surface area contributed by atoms with Gasteiger partial charge >= 0.3 is 0 Å². The lowest BCUT2D eigenvalue weighted by Gasteiger charge is -2.18. The van der Waals surface area contributed by atoms with E-state index in [2.05, 4.69) is 29.6 Å². The maximum atomic E-state index is 11.5. The van der Waals surface area contributed by atoms with Crippen molar-refractivity contribution in [2.45, 2.75) is 12.3 Å². The van der Waals surface area contributed by atoms with E-state index in [4.69, 9.17) is 0 Å². The van der Waals surface area contributed by atoms with Crippen LogP contribution in [0.4, 0.5) is 0 Å². The first-order valence-electron chi connectivity index (χ1n) is 7.43. The van der Waals surface area contributed by atoms with Gasteiger partial charge in [-0.1, -0.05) is 60.7 Å². The Balaban J connectivity index is 2.02. The SMILES string of the molecule is O=C([O-])/C=C/C(=O)NCCC(c1ccccc1)c1ccccc1. The summed E-state index contributed by atoms with van der Waals surface area (Å²) in [7, 11) is 0. The van der Waals surface area contributed by atoms with E-state index in [-0.39, 0.29) is 5.92 Å². The predicted octanol–water partition coefficient (Wildman–Crippen LogP) is 1.63. The van der Waals surface area contributed by atoms with Crippen LogP contribution < -0.4 is 10.4 Å². The van der Waals surface area contributed by atoms with Crippen LogP contribution in [0.25, 0.3) is 0 Å². The van der Waals surface area contributed by atoms with Crippen LogP contribution >= 0.6 is 0 Å². The van der Waals surface area contributed by atoms with Crippen LogP contribution in [0.1, 0.15) is 23.5 Å². The minimum absolute atomic E-state index is 0.169. The number of nitrogens with one attached hydrogen (secondary N) is 1. The van der Waals surface area contributed by atoms with E-state index in [9.17, 15) is 14.7 Å². The summed E-state index contributed by atoms with van der Waals surface area (Å²) < 4.78 is 0. The molecule has 0 heterocycles. The Morgan fingerprint density at radius 2 is 1.43 bits per heavy atom. The molecule has 0 bridgehead atoms. The molecule has 0 aliphatic rings. The summed E-state index contributed by atoms with van der Waals surface area (Å²) in [6.45, 7) is 0.449. The molecule has 0 unspecified atom stereocenters. The molecule has 0 aromatic heterocycles. The molecule has 4 nitrogen and oxygen atoms in total. The van der Waals surface area contributed by atoms with E-state index >= 15 is 0 Å². The Labute approximate surface area is 135 Å². The van der Waals surface area contributed by atoms with E-state index in [1.807, 2.05) is 36.4 Å². The summed E-state index contributed by atoms with van der Waals surface area (Å²) in [4.78, 5) is 21.8. The fourth-order valence-corrected chi connectivity index (χ4v) is 2.44. The highest BCUT2D eigenvalue weighted by molar-refractivity contribution is 5.93. The van der Waals surface area contributed by atoms with E-state index in [0.29, 0.717) is 6.54 Å². The van der Waals surface area contributed by atoms with Crippen LogP contribution in [0.15, 0.2) is 72.8 Å². The first-order valence-corrected chi connectivity index (χ1v) is 7.43. The first-order chi connectivity index (χ1) is 11.2. The molecular formula is C19H18NO3-. The minimum atomic E-state index is -1.38. The van der Waals surface area contributed by atoms with Crippen molar-refractivity contribution >= 4 is 11.9 Å². The third-order valence-corrected chi connectivity index (χ3v) is 3.51. The molecular weight excluding hydrogens is 290 g/mol. The molecule has 0 atom stereocenters. The van der Waals surface area contributed by atoms with E-state index in [0.717, 1.165) is 18.6 Å². The van der Waals surface area contributed by atoms with Gasteiger partial charge in [0.15, 0.2) is 0 Å². The highest BCUT2D eigenvalue weighted by Gasteiger charge is 2.13. The van der Waals surface area contributed by atoms with Crippen LogP contribution in [0.3, 0.4) is 0 Å². The smallest absolute Gasteiger partial charge is 0.244 e. The molecule has 23 heavy (non-hydrogen) atoms. The fourth-order valence-electron chi connectivity index (χ4n) is 2.44. The van der Waals surface area contributed by atoms with E-state index in [1.54, 1.807) is 0 Å². The molecule has 1 amide bonds. The molecule has 1 N–H and O–H groups in total. The van der Waals surface area contributed by atoms with Gasteiger partial charge in [0, 0.05) is 18.5 Å². The summed E-state index contributed by atoms with van der Waals surface area (Å²) in [5.74, 6) is -1.65. The van der Waals surface area contributed by atoms with Crippen molar-refractivity contribution in [2.75, 3.05) is 6.54 Å². The fraction of sp³-hybridized carbons (Fsp3) is 0.158. The minimum Gasteiger partial charge on any atom is -0.545 e. The Morgan fingerprint density at radius 3 is 1.91 bits per heavy atom. The maximum Gasteiger partial charge on any atom is 0.244 e. The van der Waals surface area contributed by atoms with Gasteiger partial charge < -0.3 is 15.2 Å². The monoisotopic (exact) mass is 308 g/mol. The van der Waals surface area contributed by atoms with Crippen molar-refractivity contribution in [3.05, 3.63) is 83.9 Å². The number of carboxylic acid groups (broad SMARTS) is 1. The second-order valence-electron chi connectivity index (χ2n) is 5.11. The number of hydrogen-bond donors (Lipinski definition) is 1. The largest absolute Gasteiger partial charge is 0.545 e. The van der Waals surface area contributed by atoms with Crippen LogP contribution in [0, 0.1) is 0 Å². The second kappa shape index (κ2) is 8.54. The molecule has 118 valence electrons. The first kappa shape index (κ1) is 16.5. The van der Waals surface area contributed by atoms with Gasteiger partial charge in [-0.2, -0.15) is 0 Å². The highest BCUT2D eigenvalue weighted by Crippen LogP contribution is 2.27. The molecule has 0 spiro atoms. The number of carbonyl (C=O) groups excluding carboxylic acids is 2. The van der Waals surface area contributed by atoms with Crippen LogP contribution in [-0.4, -0.2) is 18.4 Å². The van der Waals surface area contributed by atoms with Crippen molar-refractivity contribution in [1.29, 1.82) is 0 Å². The number of rotatable bonds is 7. The topological polar surface area (TPSA) is 69.2 Å². The van der Waals surface area contributed by atoms with Gasteiger partial charge in [-0.25, -0.2) is 0 Å². The lowest BCUT2D eigenvalue weighted by molar-refractivity contribution is -0.297. The molecule has 2 rings (SSSR count). The van der Waals surface area contributed by atoms with E-state index in [1.165, 1.54) is 11.1 Å². The Bertz CT molecular complexity index is 626. The number of benzene rings is 2. The van der Waals surface area contributed by atoms with Crippen LogP contribution in [-0.2, 0) is 9.59 Å². The molecule has 2 aromatic rings. The second-order valence-corrected chi connectivity index (χ2v) is 5.11. The zero-order valence-electron chi connectivity index (χ0n) is 12.6. The van der Waals surface area contributed by atoms with Gasteiger partial charge in [-0.05, 0) is 23.6 Å². The predicted molar refractivity (Wildman–Crippen MR) is 86.5 cm³/mol. The lowest BCUT2D eigenvalue weighted by Crippen LogP contribution is -2.25. The summed E-state index contributed by atoms with van der Waals surface area (Å²) >= 11 is 0. The average Bonchev–Trinajstić information content (AvgIpc) is 2.58. The van der Waals surface area contributed by atoms with Crippen LogP contribution in [0.5, 0.6) is 0 Å². The van der Waals surface area contributed by atoms with Gasteiger partial charge in [0.1, 0.15) is 0 Å². The number of hydrogen-bond acceptors (Lipinski definition) is 3. The van der Waals surface area contributed by atoms with Crippen molar-refractivity contribution < 1.29 is 14.7 Å². The van der Waals surface area contributed by atoms with Gasteiger partial charge in [-0.3, -0.25) is 4.79 Å². The highest BCUT2D eigenvalue weighted by atomic mass is 16.4. The Kier molecular flexibility index (Phi) is 6.12. The van der Waals surface area contributed by atoms with Gasteiger partial charge in [0.05, 0.1) is 5.97 Å². The van der Waals surface area contributed by atoms with Crippen molar-refractivity contribution in [3.8, 4) is 0 Å². The van der Waals surface area contributed by atoms with Crippen molar-refractivity contribution in [2.24, 2.45) is 0 Å². The molecule has 0 aliphatic carbocycles. The number of amides is 1. The summed E-state index contributed by atoms with van der Waals surface area (Å²) in [6, 6.07) is 20.2. The Hall–Kier alpha value is -2.88. The zero-order valence-corrected chi connectivity index (χ0v) is 12.6. The van der Waals surface area contributed by atoms with Crippen molar-refractivity contribution in [1.82, 2.24) is 5.32 Å². The van der Waals surface area contributed by atoms with Gasteiger partial charge in [-0.15, -0.1) is 0 Å². The molecule has 0 radical (unpaired) electrons. The Morgan fingerprint density at radius 1 is 0.913 bits per heavy atom. The normalized spacial score (nSPS) is 10.8. The lowest BCUT2D eigenvalue weighted by atomic mass is 9.88. The standard InChI is InChI=1S/C19H19NO3/c21-18(11-12-19(22)23)20-14-13-17(15-7-3-1-4-8-15)16-9-5-2-6-10-16/h1-12,17H,13-14H2,(H,20,21)(H,22,23)/p-1/b12-11+. The molecule has 0 saturated heterocycles. The van der Waals surface area contributed by atoms with Gasteiger partial charge in [0.2, 0.25) is 5.91 Å². The number of carboxylic acids is 1. The third kappa shape index (κ3) is 5.43. The summed E-state index contributed by atoms with van der Waals surface area (Å²) in [5.41, 5.74) is 2.36. The molecule has 2 aromatic carbocycles. The molecule has 0 saturated carbocycles. The zero-order chi connectivity index (χ0) is 16.5. The summed E-state index contributed by atoms with van der Waals surface area (Å²) in [5, 5.41) is 13.0. The third-order valence-electron chi connectivity index (χ3n) is 3.51. The molecule has 0 fully saturated rings. The number of aliphatic carboxylic acids is 1. The number of carbonyl (C=O) groups is 2. The molecule has 4 heteroatoms. The quantitative estimate of drug-likeness (QED) is 0.790. The van der Waals surface area contributed by atoms with Crippen molar-refractivity contribution in [3.63, 3.8) is 0 Å². The average molecular weight is 308 g/mol.